The molecule has 270 valence electrons. The Labute approximate surface area is 312 Å². The van der Waals surface area contributed by atoms with Crippen LogP contribution in [0.3, 0.4) is 0 Å². The molecule has 0 unspecified atom stereocenters. The smallest absolute Gasteiger partial charge is 0.337 e. The van der Waals surface area contributed by atoms with Gasteiger partial charge >= 0.3 is 5.97 Å². The van der Waals surface area contributed by atoms with E-state index in [-0.39, 0.29) is 48.4 Å². The predicted octanol–water partition coefficient (Wildman–Crippen LogP) is 7.88. The Hall–Kier alpha value is -4.10. The fraction of sp³-hybridized carbons (Fsp3) is 0.333. The van der Waals surface area contributed by atoms with E-state index in [2.05, 4.69) is 10.4 Å². The topological polar surface area (TPSA) is 142 Å². The highest BCUT2D eigenvalue weighted by Crippen LogP contribution is 2.31. The molecule has 2 amide bonds. The Morgan fingerprint density at radius 2 is 1.63 bits per heavy atom. The van der Waals surface area contributed by atoms with Crippen molar-refractivity contribution in [1.82, 2.24) is 19.0 Å². The van der Waals surface area contributed by atoms with E-state index >= 15 is 0 Å². The molecule has 2 heterocycles. The van der Waals surface area contributed by atoms with Gasteiger partial charge in [0.25, 0.3) is 21.8 Å². The summed E-state index contributed by atoms with van der Waals surface area (Å²) < 4.78 is 30.3. The number of carbonyl (C=O) groups excluding carboxylic acids is 2. The number of carboxylic acids is 1. The SMILES string of the molecule is CCCCN(CCCC)C(=O)c1nn(-c2ccc(C(=O)N(Cc3ccc(Cl)c(Cl)c3)S(=O)(=O)c3ccc4c(c3)CCN4)cc2C(=O)O)c(C)c1Cl. The quantitative estimate of drug-likeness (QED) is 0.132. The largest absolute Gasteiger partial charge is 0.478 e. The summed E-state index contributed by atoms with van der Waals surface area (Å²) in [6.07, 6.45) is 3.99. The minimum absolute atomic E-state index is 0.0127. The third-order valence-corrected chi connectivity index (χ3v) is 11.6. The van der Waals surface area contributed by atoms with Gasteiger partial charge in [0, 0.05) is 30.9 Å². The molecule has 0 bridgehead atoms. The maximum Gasteiger partial charge on any atom is 0.337 e. The lowest BCUT2D eigenvalue weighted by molar-refractivity contribution is 0.0695. The first kappa shape index (κ1) is 38.1. The molecule has 4 aromatic rings. The molecule has 0 atom stereocenters. The van der Waals surface area contributed by atoms with Crippen molar-refractivity contribution in [3.63, 3.8) is 0 Å². The summed E-state index contributed by atoms with van der Waals surface area (Å²) in [5, 5.41) is 18.5. The molecule has 0 aliphatic carbocycles. The van der Waals surface area contributed by atoms with Crippen molar-refractivity contribution in [2.45, 2.75) is 64.3 Å². The highest BCUT2D eigenvalue weighted by molar-refractivity contribution is 7.89. The Morgan fingerprint density at radius 1 is 0.922 bits per heavy atom. The van der Waals surface area contributed by atoms with Crippen LogP contribution in [0.2, 0.25) is 15.1 Å². The number of carboxylic acid groups (broad SMARTS) is 1. The first-order chi connectivity index (χ1) is 24.3. The van der Waals surface area contributed by atoms with Crippen molar-refractivity contribution in [2.24, 2.45) is 0 Å². The van der Waals surface area contributed by atoms with Crippen molar-refractivity contribution in [2.75, 3.05) is 25.0 Å². The number of hydrogen-bond donors (Lipinski definition) is 2. The third kappa shape index (κ3) is 8.04. The van der Waals surface area contributed by atoms with E-state index in [0.29, 0.717) is 41.6 Å². The number of fused-ring (bicyclic) bond motifs is 1. The lowest BCUT2D eigenvalue weighted by Crippen LogP contribution is -2.36. The fourth-order valence-corrected chi connectivity index (χ4v) is 7.77. The molecule has 1 aliphatic rings. The molecule has 15 heteroatoms. The number of benzene rings is 3. The molecule has 5 rings (SSSR count). The summed E-state index contributed by atoms with van der Waals surface area (Å²) in [6, 6.07) is 12.9. The lowest BCUT2D eigenvalue weighted by atomic mass is 10.1. The molecule has 0 spiro atoms. The van der Waals surface area contributed by atoms with E-state index in [0.717, 1.165) is 43.0 Å². The number of amides is 2. The van der Waals surface area contributed by atoms with Crippen LogP contribution in [0.4, 0.5) is 5.69 Å². The maximum atomic E-state index is 14.2. The molecular formula is C36H38Cl3N5O6S. The second-order valence-corrected chi connectivity index (χ2v) is 15.3. The van der Waals surface area contributed by atoms with Crippen LogP contribution in [-0.4, -0.2) is 69.9 Å². The molecule has 1 aliphatic heterocycles. The van der Waals surface area contributed by atoms with Gasteiger partial charge in [0.2, 0.25) is 0 Å². The van der Waals surface area contributed by atoms with Crippen LogP contribution in [0.5, 0.6) is 0 Å². The summed E-state index contributed by atoms with van der Waals surface area (Å²) >= 11 is 19.0. The summed E-state index contributed by atoms with van der Waals surface area (Å²) in [5.74, 6) is -2.74. The molecule has 0 saturated carbocycles. The zero-order chi connectivity index (χ0) is 37.0. The number of aromatic carboxylic acids is 1. The Kier molecular flexibility index (Phi) is 12.0. The maximum absolute atomic E-state index is 14.2. The average Bonchev–Trinajstić information content (AvgIpc) is 3.71. The van der Waals surface area contributed by atoms with E-state index in [1.807, 2.05) is 13.8 Å². The van der Waals surface area contributed by atoms with Crippen molar-refractivity contribution < 1.29 is 27.9 Å². The van der Waals surface area contributed by atoms with Crippen molar-refractivity contribution in [3.8, 4) is 5.69 Å². The average molecular weight is 775 g/mol. The number of nitrogens with one attached hydrogen (secondary N) is 1. The van der Waals surface area contributed by atoms with Crippen LogP contribution in [-0.2, 0) is 23.0 Å². The lowest BCUT2D eigenvalue weighted by Gasteiger charge is -2.24. The Balaban J connectivity index is 1.56. The summed E-state index contributed by atoms with van der Waals surface area (Å²) in [7, 11) is -4.47. The molecule has 11 nitrogen and oxygen atoms in total. The Morgan fingerprint density at radius 3 is 2.27 bits per heavy atom. The van der Waals surface area contributed by atoms with Crippen LogP contribution < -0.4 is 5.32 Å². The summed E-state index contributed by atoms with van der Waals surface area (Å²) in [6.45, 7) is 6.96. The predicted molar refractivity (Wildman–Crippen MR) is 198 cm³/mol. The molecule has 51 heavy (non-hydrogen) atoms. The minimum atomic E-state index is -4.47. The van der Waals surface area contributed by atoms with E-state index in [9.17, 15) is 27.9 Å². The number of carbonyl (C=O) groups is 3. The number of nitrogens with zero attached hydrogens (tertiary/aromatic N) is 4. The number of anilines is 1. The molecule has 0 saturated heterocycles. The molecule has 1 aromatic heterocycles. The fourth-order valence-electron chi connectivity index (χ4n) is 5.82. The van der Waals surface area contributed by atoms with Gasteiger partial charge in [-0.15, -0.1) is 0 Å². The first-order valence-corrected chi connectivity index (χ1v) is 19.2. The second kappa shape index (κ2) is 16.1. The van der Waals surface area contributed by atoms with Gasteiger partial charge in [-0.25, -0.2) is 22.2 Å². The van der Waals surface area contributed by atoms with Crippen molar-refractivity contribution in [3.05, 3.63) is 103 Å². The van der Waals surface area contributed by atoms with Crippen LogP contribution >= 0.6 is 34.8 Å². The zero-order valence-corrected chi connectivity index (χ0v) is 31.5. The molecule has 0 fully saturated rings. The van der Waals surface area contributed by atoms with Gasteiger partial charge < -0.3 is 15.3 Å². The van der Waals surface area contributed by atoms with Gasteiger partial charge in [-0.1, -0.05) is 67.6 Å². The van der Waals surface area contributed by atoms with E-state index in [1.54, 1.807) is 24.0 Å². The van der Waals surface area contributed by atoms with Crippen LogP contribution in [0.1, 0.15) is 87.6 Å². The molecular weight excluding hydrogens is 737 g/mol. The van der Waals surface area contributed by atoms with Gasteiger partial charge in [0.1, 0.15) is 0 Å². The van der Waals surface area contributed by atoms with Gasteiger partial charge in [-0.2, -0.15) is 5.10 Å². The number of halogens is 3. The van der Waals surface area contributed by atoms with Gasteiger partial charge in [0.05, 0.1) is 43.5 Å². The number of hydrogen-bond acceptors (Lipinski definition) is 7. The van der Waals surface area contributed by atoms with Crippen molar-refractivity contribution in [1.29, 1.82) is 0 Å². The van der Waals surface area contributed by atoms with Gasteiger partial charge in [-0.3, -0.25) is 9.59 Å². The van der Waals surface area contributed by atoms with Gasteiger partial charge in [-0.05, 0) is 85.8 Å². The normalized spacial score (nSPS) is 12.4. The standard InChI is InChI=1S/C36H38Cl3N5O6S/c1-4-6-16-42(17-7-5-2)35(46)33-32(39)22(3)44(41-33)31-13-9-25(20-27(31)36(47)48)34(45)43(21-23-8-11-28(37)29(38)18-23)51(49,50)26-10-12-30-24(19-26)14-15-40-30/h8-13,18-20,40H,4-7,14-17,21H2,1-3H3,(H,47,48). The minimum Gasteiger partial charge on any atom is -0.478 e. The molecule has 0 radical (unpaired) electrons. The number of sulfonamides is 1. The van der Waals surface area contributed by atoms with Crippen molar-refractivity contribution >= 4 is 68.3 Å². The number of aromatic nitrogens is 2. The first-order valence-electron chi connectivity index (χ1n) is 16.6. The highest BCUT2D eigenvalue weighted by Gasteiger charge is 2.33. The zero-order valence-electron chi connectivity index (χ0n) is 28.4. The summed E-state index contributed by atoms with van der Waals surface area (Å²) in [5.41, 5.74) is 1.77. The van der Waals surface area contributed by atoms with E-state index in [1.165, 1.54) is 41.1 Å². The van der Waals surface area contributed by atoms with Gasteiger partial charge in [0.15, 0.2) is 5.69 Å². The monoisotopic (exact) mass is 773 g/mol. The number of rotatable bonds is 14. The molecule has 2 N–H and O–H groups in total. The van der Waals surface area contributed by atoms with Crippen LogP contribution in [0.15, 0.2) is 59.5 Å². The number of unbranched alkanes of at least 4 members (excludes halogenated alkanes) is 2. The highest BCUT2D eigenvalue weighted by atomic mass is 35.5. The summed E-state index contributed by atoms with van der Waals surface area (Å²) in [4.78, 5) is 42.1. The Bertz CT molecular complexity index is 2090. The van der Waals surface area contributed by atoms with E-state index in [4.69, 9.17) is 34.8 Å². The second-order valence-electron chi connectivity index (χ2n) is 12.3. The molecule has 3 aromatic carbocycles. The third-order valence-electron chi connectivity index (χ3n) is 8.71. The van der Waals surface area contributed by atoms with E-state index < -0.39 is 28.4 Å². The van der Waals surface area contributed by atoms with Crippen LogP contribution in [0, 0.1) is 6.92 Å². The van der Waals surface area contributed by atoms with Crippen LogP contribution in [0.25, 0.3) is 5.69 Å².